The van der Waals surface area contributed by atoms with Crippen LogP contribution in [0.5, 0.6) is 0 Å². The van der Waals surface area contributed by atoms with Gasteiger partial charge in [0.05, 0.1) is 12.2 Å². The minimum Gasteiger partial charge on any atom is -0.480 e. The van der Waals surface area contributed by atoms with Gasteiger partial charge in [0.25, 0.3) is 0 Å². The number of hydrogen-bond donors (Lipinski definition) is 2. The summed E-state index contributed by atoms with van der Waals surface area (Å²) in [6, 6.07) is 3.32. The SMILES string of the molecule is C=C(/C(=C\C(F)=C/C)[C@@H](C(=O)O)N1CC[C@@H](OCCCCc2ccc3c(n2)NCCC3)C1)[C@@H]1CCCO1. The van der Waals surface area contributed by atoms with Crippen LogP contribution in [0.15, 0.2) is 47.8 Å². The topological polar surface area (TPSA) is 83.9 Å². The molecule has 4 rings (SSSR count). The molecule has 0 unspecified atom stereocenters. The molecule has 4 heterocycles. The van der Waals surface area contributed by atoms with Crippen molar-refractivity contribution in [2.24, 2.45) is 0 Å². The van der Waals surface area contributed by atoms with E-state index in [4.69, 9.17) is 14.5 Å². The second-order valence-corrected chi connectivity index (χ2v) is 10.1. The Morgan fingerprint density at radius 1 is 1.38 bits per heavy atom. The van der Waals surface area contributed by atoms with E-state index in [9.17, 15) is 14.3 Å². The lowest BCUT2D eigenvalue weighted by molar-refractivity contribution is -0.141. The normalized spacial score (nSPS) is 23.5. The van der Waals surface area contributed by atoms with Crippen molar-refractivity contribution in [1.29, 1.82) is 0 Å². The molecule has 37 heavy (non-hydrogen) atoms. The summed E-state index contributed by atoms with van der Waals surface area (Å²) in [5, 5.41) is 13.5. The van der Waals surface area contributed by atoms with Gasteiger partial charge in [-0.1, -0.05) is 18.7 Å². The third kappa shape index (κ3) is 7.27. The Hall–Kier alpha value is -2.55. The number of aryl methyl sites for hydroxylation is 2. The molecule has 1 aromatic heterocycles. The molecule has 0 spiro atoms. The van der Waals surface area contributed by atoms with Gasteiger partial charge in [0.1, 0.15) is 17.7 Å². The van der Waals surface area contributed by atoms with Crippen molar-refractivity contribution in [2.75, 3.05) is 38.2 Å². The van der Waals surface area contributed by atoms with Gasteiger partial charge in [-0.2, -0.15) is 0 Å². The molecule has 2 fully saturated rings. The first-order valence-corrected chi connectivity index (χ1v) is 13.6. The number of allylic oxidation sites excluding steroid dienone is 3. The van der Waals surface area contributed by atoms with Crippen molar-refractivity contribution in [3.63, 3.8) is 0 Å². The largest absolute Gasteiger partial charge is 0.480 e. The zero-order valence-electron chi connectivity index (χ0n) is 21.9. The molecule has 2 saturated heterocycles. The van der Waals surface area contributed by atoms with Gasteiger partial charge in [0, 0.05) is 38.5 Å². The van der Waals surface area contributed by atoms with Crippen LogP contribution in [0.3, 0.4) is 0 Å². The first-order valence-electron chi connectivity index (χ1n) is 13.6. The number of anilines is 1. The Labute approximate surface area is 219 Å². The molecular weight excluding hydrogens is 473 g/mol. The Morgan fingerprint density at radius 2 is 2.24 bits per heavy atom. The van der Waals surface area contributed by atoms with E-state index in [1.807, 2.05) is 4.90 Å². The molecule has 2 N–H and O–H groups in total. The van der Waals surface area contributed by atoms with E-state index in [0.29, 0.717) is 37.4 Å². The molecule has 0 radical (unpaired) electrons. The standard InChI is InChI=1S/C29H40FN3O4/c1-3-22(30)18-25(20(2)26-10-7-17-37-26)27(29(34)35)33-15-13-24(19-33)36-16-5-4-9-23-12-11-21-8-6-14-31-28(21)32-23/h3,11-12,18,24,26-27H,2,4-10,13-17,19H2,1H3,(H,31,32)(H,34,35)/b22-3+,25-18+/t24-,26+,27+/m1/s1. The molecule has 3 aliphatic heterocycles. The van der Waals surface area contributed by atoms with Crippen molar-refractivity contribution >= 4 is 11.8 Å². The molecule has 202 valence electrons. The maximum atomic E-state index is 14.3. The van der Waals surface area contributed by atoms with E-state index in [2.05, 4.69) is 24.0 Å². The molecule has 0 saturated carbocycles. The molecular formula is C29H40FN3O4. The number of aliphatic carboxylic acids is 1. The highest BCUT2D eigenvalue weighted by Gasteiger charge is 2.38. The first-order chi connectivity index (χ1) is 18.0. The van der Waals surface area contributed by atoms with Crippen LogP contribution in [0.4, 0.5) is 10.2 Å². The fourth-order valence-corrected chi connectivity index (χ4v) is 5.39. The summed E-state index contributed by atoms with van der Waals surface area (Å²) in [7, 11) is 0. The summed E-state index contributed by atoms with van der Waals surface area (Å²) >= 11 is 0. The van der Waals surface area contributed by atoms with E-state index in [-0.39, 0.29) is 12.2 Å². The number of pyridine rings is 1. The predicted molar refractivity (Wildman–Crippen MR) is 142 cm³/mol. The van der Waals surface area contributed by atoms with E-state index in [1.165, 1.54) is 17.7 Å². The number of unbranched alkanes of at least 4 members (excludes halogenated alkanes) is 1. The summed E-state index contributed by atoms with van der Waals surface area (Å²) in [5.74, 6) is -0.456. The van der Waals surface area contributed by atoms with Crippen LogP contribution in [-0.2, 0) is 27.1 Å². The van der Waals surface area contributed by atoms with Crippen LogP contribution in [-0.4, -0.2) is 72.1 Å². The highest BCUT2D eigenvalue weighted by molar-refractivity contribution is 5.79. The summed E-state index contributed by atoms with van der Waals surface area (Å²) in [4.78, 5) is 19.0. The fourth-order valence-electron chi connectivity index (χ4n) is 5.39. The van der Waals surface area contributed by atoms with E-state index < -0.39 is 17.8 Å². The zero-order chi connectivity index (χ0) is 26.2. The number of halogens is 1. The molecule has 1 aromatic rings. The van der Waals surface area contributed by atoms with Gasteiger partial charge in [0.2, 0.25) is 0 Å². The Bertz CT molecular complexity index is 1020. The lowest BCUT2D eigenvalue weighted by atomic mass is 9.92. The maximum absolute atomic E-state index is 14.3. The lowest BCUT2D eigenvalue weighted by Gasteiger charge is -2.29. The molecule has 0 aromatic carbocycles. The average molecular weight is 514 g/mol. The smallest absolute Gasteiger partial charge is 0.325 e. The molecule has 0 bridgehead atoms. The molecule has 8 heteroatoms. The number of aromatic nitrogens is 1. The van der Waals surface area contributed by atoms with Crippen molar-refractivity contribution in [1.82, 2.24) is 9.88 Å². The van der Waals surface area contributed by atoms with E-state index in [0.717, 1.165) is 69.4 Å². The maximum Gasteiger partial charge on any atom is 0.325 e. The van der Waals surface area contributed by atoms with Gasteiger partial charge in [-0.3, -0.25) is 9.69 Å². The van der Waals surface area contributed by atoms with Crippen LogP contribution < -0.4 is 5.32 Å². The molecule has 7 nitrogen and oxygen atoms in total. The minimum atomic E-state index is -1.01. The number of hydrogen-bond acceptors (Lipinski definition) is 6. The number of carboxylic acids is 1. The number of carboxylic acid groups (broad SMARTS) is 1. The minimum absolute atomic E-state index is 0.0447. The second kappa shape index (κ2) is 13.3. The van der Waals surface area contributed by atoms with Gasteiger partial charge in [0.15, 0.2) is 0 Å². The van der Waals surface area contributed by atoms with E-state index >= 15 is 0 Å². The molecule has 0 amide bonds. The molecule has 3 aliphatic rings. The van der Waals surface area contributed by atoms with Crippen LogP contribution in [0.25, 0.3) is 0 Å². The van der Waals surface area contributed by atoms with Crippen LogP contribution >= 0.6 is 0 Å². The van der Waals surface area contributed by atoms with Crippen molar-refractivity contribution in [3.8, 4) is 0 Å². The number of ether oxygens (including phenoxy) is 2. The summed E-state index contributed by atoms with van der Waals surface area (Å²) in [6.45, 7) is 8.99. The Morgan fingerprint density at radius 3 is 3.00 bits per heavy atom. The van der Waals surface area contributed by atoms with E-state index in [1.54, 1.807) is 6.92 Å². The van der Waals surface area contributed by atoms with Crippen LogP contribution in [0, 0.1) is 0 Å². The number of nitrogens with zero attached hydrogens (tertiary/aromatic N) is 2. The first kappa shape index (κ1) is 27.5. The Balaban J connectivity index is 1.28. The summed E-state index contributed by atoms with van der Waals surface area (Å²) in [6.07, 6.45) is 9.77. The monoisotopic (exact) mass is 513 g/mol. The summed E-state index contributed by atoms with van der Waals surface area (Å²) < 4.78 is 26.2. The van der Waals surface area contributed by atoms with Crippen molar-refractivity contribution < 1.29 is 23.8 Å². The number of nitrogens with one attached hydrogen (secondary N) is 1. The van der Waals surface area contributed by atoms with Crippen molar-refractivity contribution in [3.05, 3.63) is 59.1 Å². The highest BCUT2D eigenvalue weighted by Crippen LogP contribution is 2.31. The number of carbonyl (C=O) groups is 1. The van der Waals surface area contributed by atoms with Gasteiger partial charge in [-0.05, 0) is 87.1 Å². The quantitative estimate of drug-likeness (QED) is 0.306. The lowest BCUT2D eigenvalue weighted by Crippen LogP contribution is -2.43. The van der Waals surface area contributed by atoms with Gasteiger partial charge < -0.3 is 19.9 Å². The van der Waals surface area contributed by atoms with Crippen LogP contribution in [0.2, 0.25) is 0 Å². The van der Waals surface area contributed by atoms with Gasteiger partial charge in [-0.15, -0.1) is 0 Å². The summed E-state index contributed by atoms with van der Waals surface area (Å²) in [5.41, 5.74) is 3.33. The molecule has 3 atom stereocenters. The van der Waals surface area contributed by atoms with Gasteiger partial charge in [-0.25, -0.2) is 9.37 Å². The van der Waals surface area contributed by atoms with Crippen LogP contribution in [0.1, 0.15) is 56.7 Å². The number of fused-ring (bicyclic) bond motifs is 1. The van der Waals surface area contributed by atoms with Crippen molar-refractivity contribution in [2.45, 2.75) is 76.5 Å². The average Bonchev–Trinajstić information content (AvgIpc) is 3.60. The third-order valence-electron chi connectivity index (χ3n) is 7.46. The number of rotatable bonds is 12. The Kier molecular flexibility index (Phi) is 9.88. The number of likely N-dealkylation sites (tertiary alicyclic amines) is 1. The van der Waals surface area contributed by atoms with Gasteiger partial charge >= 0.3 is 5.97 Å². The molecule has 0 aliphatic carbocycles. The highest BCUT2D eigenvalue weighted by atomic mass is 19.1. The predicted octanol–water partition coefficient (Wildman–Crippen LogP) is 4.84. The second-order valence-electron chi connectivity index (χ2n) is 10.1. The zero-order valence-corrected chi connectivity index (χ0v) is 21.9. The fraction of sp³-hybridized carbons (Fsp3) is 0.586. The third-order valence-corrected chi connectivity index (χ3v) is 7.46.